The van der Waals surface area contributed by atoms with Crippen LogP contribution in [-0.2, 0) is 9.59 Å². The average Bonchev–Trinajstić information content (AvgIpc) is 3.79. The molecule has 2 aliphatic heterocycles. The summed E-state index contributed by atoms with van der Waals surface area (Å²) < 4.78 is 0.911. The van der Waals surface area contributed by atoms with Crippen molar-refractivity contribution >= 4 is 57.6 Å². The van der Waals surface area contributed by atoms with Crippen LogP contribution >= 0.6 is 34.2 Å². The Labute approximate surface area is 284 Å². The van der Waals surface area contributed by atoms with Gasteiger partial charge in [0.1, 0.15) is 6.54 Å². The second-order valence-electron chi connectivity index (χ2n) is 11.9. The molecule has 2 saturated heterocycles. The number of primary amides is 1. The van der Waals surface area contributed by atoms with Gasteiger partial charge in [-0.25, -0.2) is 4.79 Å². The lowest BCUT2D eigenvalue weighted by Gasteiger charge is -2.34. The molecule has 2 fully saturated rings. The Morgan fingerprint density at radius 2 is 1.58 bits per heavy atom. The number of amides is 3. The van der Waals surface area contributed by atoms with E-state index in [0.29, 0.717) is 10.6 Å². The van der Waals surface area contributed by atoms with Crippen molar-refractivity contribution in [1.82, 2.24) is 14.7 Å². The van der Waals surface area contributed by atoms with Crippen molar-refractivity contribution in [2.75, 3.05) is 64.8 Å². The minimum Gasteiger partial charge on any atom is -0.349 e. The van der Waals surface area contributed by atoms with Crippen LogP contribution in [0, 0.1) is 3.57 Å². The van der Waals surface area contributed by atoms with Crippen molar-refractivity contribution in [2.24, 2.45) is 0 Å². The first-order chi connectivity index (χ1) is 21.7. The number of rotatable bonds is 11. The highest BCUT2D eigenvalue weighted by Crippen LogP contribution is 2.29. The topological polar surface area (TPSA) is 80.8 Å². The molecule has 3 aromatic rings. The largest absolute Gasteiger partial charge is 0.349 e. The van der Waals surface area contributed by atoms with Crippen LogP contribution in [0.2, 0.25) is 5.02 Å². The Morgan fingerprint density at radius 3 is 2.24 bits per heavy atom. The number of quaternary nitrogens is 1. The number of carbonyl (C=O) groups excluding carboxylic acids is 3. The van der Waals surface area contributed by atoms with Gasteiger partial charge in [0.05, 0.1) is 24.7 Å². The Bertz CT molecular complexity index is 1510. The van der Waals surface area contributed by atoms with E-state index in [0.717, 1.165) is 84.4 Å². The van der Waals surface area contributed by atoms with Crippen LogP contribution in [0.1, 0.15) is 47.6 Å². The van der Waals surface area contributed by atoms with E-state index >= 15 is 0 Å². The molecular formula is C35H42ClIN5O3+. The molecule has 8 nitrogen and oxygen atoms in total. The molecule has 0 spiro atoms. The molecule has 1 atom stereocenters. The first kappa shape index (κ1) is 33.4. The maximum Gasteiger partial charge on any atom is 0.329 e. The zero-order valence-electron chi connectivity index (χ0n) is 26.1. The molecule has 2 heterocycles. The van der Waals surface area contributed by atoms with Crippen LogP contribution in [0.15, 0.2) is 66.7 Å². The fourth-order valence-corrected chi connectivity index (χ4v) is 6.65. The molecule has 238 valence electrons. The van der Waals surface area contributed by atoms with Gasteiger partial charge in [-0.1, -0.05) is 48.0 Å². The third-order valence-corrected chi connectivity index (χ3v) is 10.5. The van der Waals surface area contributed by atoms with E-state index in [4.69, 9.17) is 11.6 Å². The number of anilines is 1. The number of halogens is 2. The lowest BCUT2D eigenvalue weighted by Crippen LogP contribution is -2.85. The molecule has 0 bridgehead atoms. The molecule has 2 N–H and O–H groups in total. The Balaban J connectivity index is 1.37. The molecule has 3 amide bonds. The predicted molar refractivity (Wildman–Crippen MR) is 187 cm³/mol. The van der Waals surface area contributed by atoms with E-state index in [1.165, 1.54) is 5.32 Å². The summed E-state index contributed by atoms with van der Waals surface area (Å²) in [4.78, 5) is 47.4. The molecule has 10 heteroatoms. The van der Waals surface area contributed by atoms with Crippen LogP contribution in [0.5, 0.6) is 0 Å². The lowest BCUT2D eigenvalue weighted by atomic mass is 9.98. The van der Waals surface area contributed by atoms with Crippen LogP contribution in [0.25, 0.3) is 11.1 Å². The SMILES string of the molecule is C[NH2+]C(=O)CN(CC(=O)N(C)C(CN1CCCC1)c1ccc(-c2cccc(C(=O)N3CCCC3)c2)cc1)c1ccc(I)c(Cl)c1. The minimum atomic E-state index is -0.164. The highest BCUT2D eigenvalue weighted by molar-refractivity contribution is 14.1. The van der Waals surface area contributed by atoms with Gasteiger partial charge >= 0.3 is 5.91 Å². The minimum absolute atomic E-state index is 0.0550. The van der Waals surface area contributed by atoms with Crippen molar-refractivity contribution in [3.05, 3.63) is 86.4 Å². The lowest BCUT2D eigenvalue weighted by molar-refractivity contribution is -0.537. The van der Waals surface area contributed by atoms with Crippen molar-refractivity contribution in [2.45, 2.75) is 31.7 Å². The second-order valence-corrected chi connectivity index (χ2v) is 13.5. The molecule has 1 unspecified atom stereocenters. The fraction of sp³-hybridized carbons (Fsp3) is 0.400. The zero-order chi connectivity index (χ0) is 31.9. The van der Waals surface area contributed by atoms with Gasteiger partial charge in [0.15, 0.2) is 0 Å². The summed E-state index contributed by atoms with van der Waals surface area (Å²) in [7, 11) is 3.57. The van der Waals surface area contributed by atoms with Gasteiger partial charge in [0, 0.05) is 41.5 Å². The monoisotopic (exact) mass is 742 g/mol. The number of likely N-dealkylation sites (tertiary alicyclic amines) is 2. The maximum atomic E-state index is 13.9. The number of nitrogens with zero attached hydrogens (tertiary/aromatic N) is 4. The maximum absolute atomic E-state index is 13.9. The highest BCUT2D eigenvalue weighted by Gasteiger charge is 2.28. The molecule has 45 heavy (non-hydrogen) atoms. The Hall–Kier alpha value is -2.99. The van der Waals surface area contributed by atoms with Gasteiger partial charge in [0.25, 0.3) is 5.91 Å². The standard InChI is InChI=1S/C35H41ClIN5O3/c1-38-33(43)23-42(29-14-15-31(37)30(36)21-29)24-34(44)39(2)32(22-40-16-3-4-17-40)26-12-10-25(11-13-26)27-8-7-9-28(20-27)35(45)41-18-5-6-19-41/h7-15,20-21,32H,3-6,16-19,22-24H2,1-2H3,(H,38,43)/p+1. The molecule has 0 saturated carbocycles. The zero-order valence-corrected chi connectivity index (χ0v) is 29.0. The van der Waals surface area contributed by atoms with Gasteiger partial charge in [-0.15, -0.1) is 0 Å². The summed E-state index contributed by atoms with van der Waals surface area (Å²) in [6, 6.07) is 21.7. The van der Waals surface area contributed by atoms with Crippen LogP contribution in [0.3, 0.4) is 0 Å². The Morgan fingerprint density at radius 1 is 0.889 bits per heavy atom. The Kier molecular flexibility index (Phi) is 11.5. The number of benzene rings is 3. The van der Waals surface area contributed by atoms with Crippen LogP contribution in [0.4, 0.5) is 5.69 Å². The summed E-state index contributed by atoms with van der Waals surface area (Å²) >= 11 is 8.59. The van der Waals surface area contributed by atoms with E-state index in [2.05, 4.69) is 51.8 Å². The van der Waals surface area contributed by atoms with Crippen LogP contribution < -0.4 is 10.2 Å². The van der Waals surface area contributed by atoms with E-state index in [1.807, 2.05) is 59.3 Å². The summed E-state index contributed by atoms with van der Waals surface area (Å²) in [5.41, 5.74) is 4.53. The van der Waals surface area contributed by atoms with Gasteiger partial charge in [0.2, 0.25) is 5.91 Å². The van der Waals surface area contributed by atoms with E-state index < -0.39 is 0 Å². The summed E-state index contributed by atoms with van der Waals surface area (Å²) in [6.45, 7) is 4.57. The quantitative estimate of drug-likeness (QED) is 0.289. The third-order valence-electron chi connectivity index (χ3n) is 8.89. The highest BCUT2D eigenvalue weighted by atomic mass is 127. The normalized spacial score (nSPS) is 15.7. The number of hydrogen-bond acceptors (Lipinski definition) is 5. The molecule has 2 aliphatic rings. The van der Waals surface area contributed by atoms with E-state index in [1.54, 1.807) is 11.9 Å². The summed E-state index contributed by atoms with van der Waals surface area (Å²) in [5, 5.41) is 2.12. The van der Waals surface area contributed by atoms with E-state index in [-0.39, 0.29) is 36.9 Å². The van der Waals surface area contributed by atoms with Gasteiger partial charge < -0.3 is 19.6 Å². The predicted octanol–water partition coefficient (Wildman–Crippen LogP) is 4.67. The van der Waals surface area contributed by atoms with Gasteiger partial charge in [-0.2, -0.15) is 0 Å². The number of likely N-dealkylation sites (N-methyl/N-ethyl adjacent to an activating group) is 2. The van der Waals surface area contributed by atoms with Crippen molar-refractivity contribution in [3.8, 4) is 11.1 Å². The summed E-state index contributed by atoms with van der Waals surface area (Å²) in [5.74, 6) is -0.0395. The van der Waals surface area contributed by atoms with Gasteiger partial charge in [-0.3, -0.25) is 14.9 Å². The van der Waals surface area contributed by atoms with Crippen molar-refractivity contribution < 1.29 is 19.7 Å². The summed E-state index contributed by atoms with van der Waals surface area (Å²) in [6.07, 6.45) is 4.45. The smallest absolute Gasteiger partial charge is 0.329 e. The molecular weight excluding hydrogens is 701 g/mol. The molecule has 0 radical (unpaired) electrons. The van der Waals surface area contributed by atoms with Crippen LogP contribution in [-0.4, -0.2) is 92.3 Å². The average molecular weight is 743 g/mol. The van der Waals surface area contributed by atoms with E-state index in [9.17, 15) is 14.4 Å². The molecule has 0 aromatic heterocycles. The van der Waals surface area contributed by atoms with Crippen molar-refractivity contribution in [3.63, 3.8) is 0 Å². The second kappa shape index (κ2) is 15.5. The fourth-order valence-electron chi connectivity index (χ4n) is 6.14. The third kappa shape index (κ3) is 8.44. The first-order valence-corrected chi connectivity index (χ1v) is 17.2. The van der Waals surface area contributed by atoms with Crippen molar-refractivity contribution in [1.29, 1.82) is 0 Å². The number of carbonyl (C=O) groups is 3. The number of hydrogen-bond donors (Lipinski definition) is 1. The molecule has 5 rings (SSSR count). The first-order valence-electron chi connectivity index (χ1n) is 15.7. The molecule has 0 aliphatic carbocycles. The number of nitrogens with two attached hydrogens (primary N) is 1. The van der Waals surface area contributed by atoms with Gasteiger partial charge in [-0.05, 0) is 108 Å². The molecule has 3 aromatic carbocycles.